The van der Waals surface area contributed by atoms with Crippen LogP contribution in [-0.4, -0.2) is 39.9 Å². The minimum atomic E-state index is 0.0255. The Bertz CT molecular complexity index is 725. The van der Waals surface area contributed by atoms with Gasteiger partial charge in [-0.1, -0.05) is 11.6 Å². The summed E-state index contributed by atoms with van der Waals surface area (Å²) >= 11 is 7.48. The van der Waals surface area contributed by atoms with Gasteiger partial charge in [-0.05, 0) is 39.2 Å². The van der Waals surface area contributed by atoms with Crippen LogP contribution in [-0.2, 0) is 0 Å². The smallest absolute Gasteiger partial charge is 0.273 e. The van der Waals surface area contributed by atoms with E-state index in [9.17, 15) is 4.79 Å². The van der Waals surface area contributed by atoms with Crippen LogP contribution in [0.4, 0.5) is 5.69 Å². The third kappa shape index (κ3) is 3.87. The lowest BCUT2D eigenvalue weighted by atomic mass is 10.1. The van der Waals surface area contributed by atoms with E-state index < -0.39 is 0 Å². The number of halogens is 1. The molecule has 0 saturated carbocycles. The quantitative estimate of drug-likeness (QED) is 0.821. The summed E-state index contributed by atoms with van der Waals surface area (Å²) < 4.78 is 0. The number of pyridine rings is 1. The minimum Gasteiger partial charge on any atom is -0.382 e. The van der Waals surface area contributed by atoms with Gasteiger partial charge in [-0.3, -0.25) is 4.79 Å². The zero-order chi connectivity index (χ0) is 17.1. The average Bonchev–Trinajstić information content (AvgIpc) is 3.04. The molecule has 3 rings (SSSR count). The van der Waals surface area contributed by atoms with E-state index >= 15 is 0 Å². The molecular weight excluding hydrogens is 344 g/mol. The lowest BCUT2D eigenvalue weighted by Gasteiger charge is -2.25. The van der Waals surface area contributed by atoms with E-state index in [1.54, 1.807) is 12.3 Å². The zero-order valence-corrected chi connectivity index (χ0v) is 15.5. The highest BCUT2D eigenvalue weighted by Gasteiger charge is 2.21. The molecule has 5 nitrogen and oxygen atoms in total. The van der Waals surface area contributed by atoms with E-state index in [0.29, 0.717) is 10.8 Å². The van der Waals surface area contributed by atoms with Gasteiger partial charge in [0.2, 0.25) is 0 Å². The van der Waals surface area contributed by atoms with Crippen molar-refractivity contribution in [1.29, 1.82) is 0 Å². The number of nitrogens with zero attached hydrogens (tertiary/aromatic N) is 3. The van der Waals surface area contributed by atoms with Crippen molar-refractivity contribution in [2.45, 2.75) is 39.2 Å². The summed E-state index contributed by atoms with van der Waals surface area (Å²) in [7, 11) is 0. The molecule has 128 valence electrons. The number of nitrogens with one attached hydrogen (secondary N) is 1. The highest BCUT2D eigenvalue weighted by Crippen LogP contribution is 2.32. The van der Waals surface area contributed by atoms with E-state index in [0.717, 1.165) is 42.2 Å². The molecule has 1 fully saturated rings. The van der Waals surface area contributed by atoms with E-state index in [4.69, 9.17) is 11.6 Å². The minimum absolute atomic E-state index is 0.0255. The molecule has 1 N–H and O–H groups in total. The number of hydrogen-bond donors (Lipinski definition) is 1. The van der Waals surface area contributed by atoms with Gasteiger partial charge in [-0.25, -0.2) is 9.97 Å². The summed E-state index contributed by atoms with van der Waals surface area (Å²) in [6.45, 7) is 5.78. The Labute approximate surface area is 151 Å². The van der Waals surface area contributed by atoms with Crippen LogP contribution >= 0.6 is 22.9 Å². The van der Waals surface area contributed by atoms with E-state index in [-0.39, 0.29) is 11.9 Å². The first-order chi connectivity index (χ1) is 11.5. The van der Waals surface area contributed by atoms with Gasteiger partial charge in [-0.2, -0.15) is 0 Å². The van der Waals surface area contributed by atoms with E-state index in [1.807, 2.05) is 10.3 Å². The number of piperidine rings is 1. The number of thiazole rings is 1. The van der Waals surface area contributed by atoms with Crippen molar-refractivity contribution in [3.05, 3.63) is 28.5 Å². The van der Waals surface area contributed by atoms with Crippen LogP contribution in [0.5, 0.6) is 0 Å². The molecule has 2 aromatic rings. The number of aromatic nitrogens is 2. The third-order valence-electron chi connectivity index (χ3n) is 3.91. The van der Waals surface area contributed by atoms with Gasteiger partial charge < -0.3 is 10.2 Å². The summed E-state index contributed by atoms with van der Waals surface area (Å²) in [6, 6.07) is 2.06. The number of likely N-dealkylation sites (tertiary alicyclic amines) is 1. The number of hydrogen-bond acceptors (Lipinski definition) is 5. The van der Waals surface area contributed by atoms with Gasteiger partial charge in [-0.15, -0.1) is 11.3 Å². The van der Waals surface area contributed by atoms with Crippen molar-refractivity contribution in [3.63, 3.8) is 0 Å². The summed E-state index contributed by atoms with van der Waals surface area (Å²) in [5.74, 6) is 0.0255. The van der Waals surface area contributed by atoms with Crippen LogP contribution in [0.25, 0.3) is 10.6 Å². The zero-order valence-electron chi connectivity index (χ0n) is 13.9. The van der Waals surface area contributed by atoms with Gasteiger partial charge in [0.1, 0.15) is 15.9 Å². The second-order valence-electron chi connectivity index (χ2n) is 6.24. The number of carbonyl (C=O) groups is 1. The Morgan fingerprint density at radius 1 is 1.33 bits per heavy atom. The first-order valence-electron chi connectivity index (χ1n) is 8.22. The summed E-state index contributed by atoms with van der Waals surface area (Å²) in [5, 5.41) is 6.41. The molecule has 0 bridgehead atoms. The molecule has 0 aromatic carbocycles. The first kappa shape index (κ1) is 17.2. The van der Waals surface area contributed by atoms with Gasteiger partial charge in [0.15, 0.2) is 0 Å². The van der Waals surface area contributed by atoms with Crippen molar-refractivity contribution in [2.24, 2.45) is 0 Å². The predicted molar refractivity (Wildman–Crippen MR) is 98.9 cm³/mol. The standard InChI is InChI=1S/C17H21ClN4OS/c1-11(2)20-13-8-15(18)19-9-12(13)16-21-14(10-24-16)17(23)22-6-4-3-5-7-22/h8-11H,3-7H2,1-2H3,(H,19,20). The molecule has 1 aliphatic heterocycles. The van der Waals surface area contributed by atoms with Gasteiger partial charge >= 0.3 is 0 Å². The summed E-state index contributed by atoms with van der Waals surface area (Å²) in [4.78, 5) is 23.2. The fraction of sp³-hybridized carbons (Fsp3) is 0.471. The molecule has 0 radical (unpaired) electrons. The summed E-state index contributed by atoms with van der Waals surface area (Å²) in [6.07, 6.45) is 5.06. The van der Waals surface area contributed by atoms with Gasteiger partial charge in [0.05, 0.1) is 5.56 Å². The second kappa shape index (κ2) is 7.49. The molecule has 3 heterocycles. The molecule has 0 aliphatic carbocycles. The monoisotopic (exact) mass is 364 g/mol. The fourth-order valence-corrected chi connectivity index (χ4v) is 3.76. The van der Waals surface area contributed by atoms with Crippen LogP contribution in [0.2, 0.25) is 5.15 Å². The van der Waals surface area contributed by atoms with Crippen molar-refractivity contribution >= 4 is 34.5 Å². The Morgan fingerprint density at radius 2 is 2.08 bits per heavy atom. The molecule has 0 spiro atoms. The Kier molecular flexibility index (Phi) is 5.36. The maximum Gasteiger partial charge on any atom is 0.273 e. The third-order valence-corrected chi connectivity index (χ3v) is 4.99. The van der Waals surface area contributed by atoms with Crippen molar-refractivity contribution in [3.8, 4) is 10.6 Å². The molecule has 1 aliphatic rings. The lowest BCUT2D eigenvalue weighted by molar-refractivity contribution is 0.0719. The molecule has 2 aromatic heterocycles. The van der Waals surface area contributed by atoms with Crippen LogP contribution in [0.15, 0.2) is 17.6 Å². The van der Waals surface area contributed by atoms with Crippen LogP contribution in [0.3, 0.4) is 0 Å². The van der Waals surface area contributed by atoms with Gasteiger partial charge in [0.25, 0.3) is 5.91 Å². The van der Waals surface area contributed by atoms with Crippen LogP contribution < -0.4 is 5.32 Å². The highest BCUT2D eigenvalue weighted by atomic mass is 35.5. The molecule has 1 saturated heterocycles. The maximum atomic E-state index is 12.6. The largest absolute Gasteiger partial charge is 0.382 e. The first-order valence-corrected chi connectivity index (χ1v) is 9.47. The van der Waals surface area contributed by atoms with Crippen LogP contribution in [0.1, 0.15) is 43.6 Å². The molecule has 1 amide bonds. The highest BCUT2D eigenvalue weighted by molar-refractivity contribution is 7.13. The molecule has 24 heavy (non-hydrogen) atoms. The maximum absolute atomic E-state index is 12.6. The average molecular weight is 365 g/mol. The Hall–Kier alpha value is -1.66. The van der Waals surface area contributed by atoms with Crippen molar-refractivity contribution in [2.75, 3.05) is 18.4 Å². The Balaban J connectivity index is 1.86. The second-order valence-corrected chi connectivity index (χ2v) is 7.49. The predicted octanol–water partition coefficient (Wildman–Crippen LogP) is 4.30. The molecule has 7 heteroatoms. The normalized spacial score (nSPS) is 14.9. The number of rotatable bonds is 4. The molecule has 0 atom stereocenters. The van der Waals surface area contributed by atoms with Crippen molar-refractivity contribution in [1.82, 2.24) is 14.9 Å². The fourth-order valence-electron chi connectivity index (χ4n) is 2.79. The van der Waals surface area contributed by atoms with Crippen LogP contribution in [0, 0.1) is 0 Å². The number of carbonyl (C=O) groups excluding carboxylic acids is 1. The topological polar surface area (TPSA) is 58.1 Å². The van der Waals surface area contributed by atoms with Gasteiger partial charge in [0, 0.05) is 36.4 Å². The van der Waals surface area contributed by atoms with E-state index in [2.05, 4.69) is 29.1 Å². The lowest BCUT2D eigenvalue weighted by Crippen LogP contribution is -2.35. The Morgan fingerprint density at radius 3 is 2.79 bits per heavy atom. The number of anilines is 1. The SMILES string of the molecule is CC(C)Nc1cc(Cl)ncc1-c1nc(C(=O)N2CCCCC2)cs1. The van der Waals surface area contributed by atoms with E-state index in [1.165, 1.54) is 17.8 Å². The van der Waals surface area contributed by atoms with Crippen molar-refractivity contribution < 1.29 is 4.79 Å². The summed E-state index contributed by atoms with van der Waals surface area (Å²) in [5.41, 5.74) is 2.27. The molecule has 0 unspecified atom stereocenters. The molecular formula is C17H21ClN4OS. The number of amides is 1.